The molecule has 3 fully saturated rings. The van der Waals surface area contributed by atoms with Gasteiger partial charge in [0, 0.05) is 62.9 Å². The fraction of sp³-hybridized carbons (Fsp3) is 0.633. The maximum atomic E-state index is 13.4. The SMILES string of the molecule is COCCCN(C[C@@H]1CCCN2CCCC[C@H]12)C(=O)CC[C@@H]1NC(=O)N(CCc2c[nH]c3ccccc23)C1=O. The summed E-state index contributed by atoms with van der Waals surface area (Å²) in [7, 11) is 1.69. The van der Waals surface area contributed by atoms with Crippen molar-refractivity contribution in [3.63, 3.8) is 0 Å². The molecule has 0 aliphatic carbocycles. The van der Waals surface area contributed by atoms with Gasteiger partial charge in [-0.25, -0.2) is 4.79 Å². The van der Waals surface area contributed by atoms with Gasteiger partial charge in [0.1, 0.15) is 6.04 Å². The number of carbonyl (C=O) groups is 3. The van der Waals surface area contributed by atoms with Crippen molar-refractivity contribution in [2.75, 3.05) is 46.4 Å². The fourth-order valence-corrected chi connectivity index (χ4v) is 6.77. The molecule has 0 spiro atoms. The lowest BCUT2D eigenvalue weighted by molar-refractivity contribution is -0.133. The Labute approximate surface area is 231 Å². The van der Waals surface area contributed by atoms with Crippen molar-refractivity contribution in [2.24, 2.45) is 5.92 Å². The van der Waals surface area contributed by atoms with Crippen LogP contribution < -0.4 is 5.32 Å². The first kappa shape index (κ1) is 27.6. The maximum Gasteiger partial charge on any atom is 0.324 e. The zero-order chi connectivity index (χ0) is 27.2. The molecule has 39 heavy (non-hydrogen) atoms. The molecule has 9 heteroatoms. The summed E-state index contributed by atoms with van der Waals surface area (Å²) in [6.07, 6.45) is 10.0. The number of carbonyl (C=O) groups excluding carboxylic acids is 3. The van der Waals surface area contributed by atoms with Crippen LogP contribution in [0.25, 0.3) is 10.9 Å². The minimum absolute atomic E-state index is 0.0679. The number of fused-ring (bicyclic) bond motifs is 2. The molecule has 5 rings (SSSR count). The molecular formula is C30H43N5O4. The van der Waals surface area contributed by atoms with E-state index in [1.54, 1.807) is 7.11 Å². The molecule has 0 radical (unpaired) electrons. The van der Waals surface area contributed by atoms with Gasteiger partial charge in [0.05, 0.1) is 0 Å². The van der Waals surface area contributed by atoms with Gasteiger partial charge in [0.25, 0.3) is 5.91 Å². The van der Waals surface area contributed by atoms with E-state index < -0.39 is 6.04 Å². The zero-order valence-electron chi connectivity index (χ0n) is 23.2. The monoisotopic (exact) mass is 537 g/mol. The summed E-state index contributed by atoms with van der Waals surface area (Å²) in [5.41, 5.74) is 2.12. The molecular weight excluding hydrogens is 494 g/mol. The highest BCUT2D eigenvalue weighted by Crippen LogP contribution is 2.31. The Kier molecular flexibility index (Phi) is 9.19. The Balaban J connectivity index is 1.15. The van der Waals surface area contributed by atoms with Gasteiger partial charge in [-0.3, -0.25) is 14.5 Å². The van der Waals surface area contributed by atoms with Crippen molar-refractivity contribution in [2.45, 2.75) is 69.9 Å². The van der Waals surface area contributed by atoms with E-state index in [1.807, 2.05) is 35.4 Å². The first-order valence-corrected chi connectivity index (χ1v) is 14.7. The van der Waals surface area contributed by atoms with Crippen LogP contribution in [0.5, 0.6) is 0 Å². The first-order chi connectivity index (χ1) is 19.0. The summed E-state index contributed by atoms with van der Waals surface area (Å²) in [5, 5.41) is 3.92. The molecule has 1 aromatic carbocycles. The van der Waals surface area contributed by atoms with Crippen LogP contribution in [0.1, 0.15) is 56.9 Å². The van der Waals surface area contributed by atoms with E-state index >= 15 is 0 Å². The third-order valence-electron chi connectivity index (χ3n) is 8.85. The highest BCUT2D eigenvalue weighted by molar-refractivity contribution is 6.04. The second kappa shape index (κ2) is 13.0. The molecule has 2 aromatic rings. The summed E-state index contributed by atoms with van der Waals surface area (Å²) in [6.45, 7) is 4.73. The molecule has 3 atom stereocenters. The Morgan fingerprint density at radius 3 is 2.85 bits per heavy atom. The number of ether oxygens (including phenoxy) is 1. The van der Waals surface area contributed by atoms with Crippen molar-refractivity contribution in [1.29, 1.82) is 0 Å². The van der Waals surface area contributed by atoms with Gasteiger partial charge in [0.2, 0.25) is 5.91 Å². The standard InChI is InChI=1S/C30H43N5O4/c1-39-19-7-17-34(21-23-8-6-16-33-15-5-4-11-27(23)33)28(36)13-12-26-29(37)35(30(38)32-26)18-14-22-20-31-25-10-3-2-9-24(22)25/h2-3,9-10,20,23,26-27,31H,4-8,11-19,21H2,1H3,(H,32,38)/t23-,26-,27+/m0/s1. The zero-order valence-corrected chi connectivity index (χ0v) is 23.2. The number of nitrogens with one attached hydrogen (secondary N) is 2. The lowest BCUT2D eigenvalue weighted by atomic mass is 9.83. The Morgan fingerprint density at radius 1 is 1.13 bits per heavy atom. The van der Waals surface area contributed by atoms with E-state index in [9.17, 15) is 14.4 Å². The summed E-state index contributed by atoms with van der Waals surface area (Å²) < 4.78 is 5.25. The topological polar surface area (TPSA) is 98.0 Å². The van der Waals surface area contributed by atoms with Crippen molar-refractivity contribution in [3.8, 4) is 0 Å². The Morgan fingerprint density at radius 2 is 1.97 bits per heavy atom. The van der Waals surface area contributed by atoms with Gasteiger partial charge in [-0.1, -0.05) is 24.6 Å². The largest absolute Gasteiger partial charge is 0.385 e. The predicted molar refractivity (Wildman–Crippen MR) is 150 cm³/mol. The number of para-hydroxylation sites is 1. The minimum atomic E-state index is -0.645. The van der Waals surface area contributed by atoms with Crippen LogP contribution in [-0.2, 0) is 20.7 Å². The second-order valence-corrected chi connectivity index (χ2v) is 11.3. The van der Waals surface area contributed by atoms with Crippen LogP contribution in [0.4, 0.5) is 4.79 Å². The number of hydrogen-bond acceptors (Lipinski definition) is 5. The average molecular weight is 538 g/mol. The first-order valence-electron chi connectivity index (χ1n) is 14.7. The van der Waals surface area contributed by atoms with Gasteiger partial charge >= 0.3 is 6.03 Å². The fourth-order valence-electron chi connectivity index (χ4n) is 6.77. The van der Waals surface area contributed by atoms with Crippen LogP contribution in [0, 0.1) is 5.92 Å². The highest BCUT2D eigenvalue weighted by Gasteiger charge is 2.38. The van der Waals surface area contributed by atoms with Crippen molar-refractivity contribution in [3.05, 3.63) is 36.0 Å². The second-order valence-electron chi connectivity index (χ2n) is 11.3. The molecule has 212 valence electrons. The number of aromatic amines is 1. The smallest absolute Gasteiger partial charge is 0.324 e. The summed E-state index contributed by atoms with van der Waals surface area (Å²) in [4.78, 5) is 48.3. The number of amides is 4. The van der Waals surface area contributed by atoms with Crippen LogP contribution in [0.2, 0.25) is 0 Å². The lowest BCUT2D eigenvalue weighted by Gasteiger charge is -2.45. The van der Waals surface area contributed by atoms with E-state index in [2.05, 4.69) is 15.2 Å². The van der Waals surface area contributed by atoms with E-state index in [1.165, 1.54) is 43.7 Å². The normalized spacial score (nSPS) is 23.7. The number of urea groups is 1. The van der Waals surface area contributed by atoms with Crippen molar-refractivity contribution < 1.29 is 19.1 Å². The molecule has 3 aliphatic rings. The molecule has 0 unspecified atom stereocenters. The molecule has 1 aromatic heterocycles. The summed E-state index contributed by atoms with van der Waals surface area (Å²) >= 11 is 0. The van der Waals surface area contributed by atoms with Crippen LogP contribution >= 0.6 is 0 Å². The summed E-state index contributed by atoms with van der Waals surface area (Å²) in [6, 6.07) is 7.58. The number of imide groups is 1. The number of benzene rings is 1. The van der Waals surface area contributed by atoms with Crippen molar-refractivity contribution >= 4 is 28.7 Å². The van der Waals surface area contributed by atoms with E-state index in [0.717, 1.165) is 35.9 Å². The highest BCUT2D eigenvalue weighted by atomic mass is 16.5. The number of H-pyrrole nitrogens is 1. The number of nitrogens with zero attached hydrogens (tertiary/aromatic N) is 3. The quantitative estimate of drug-likeness (QED) is 0.319. The maximum absolute atomic E-state index is 13.4. The molecule has 9 nitrogen and oxygen atoms in total. The van der Waals surface area contributed by atoms with E-state index in [4.69, 9.17) is 4.74 Å². The van der Waals surface area contributed by atoms with Crippen LogP contribution in [0.15, 0.2) is 30.5 Å². The van der Waals surface area contributed by atoms with Gasteiger partial charge in [0.15, 0.2) is 0 Å². The third-order valence-corrected chi connectivity index (χ3v) is 8.85. The number of aromatic nitrogens is 1. The predicted octanol–water partition coefficient (Wildman–Crippen LogP) is 3.54. The number of piperidine rings is 2. The number of rotatable bonds is 12. The molecule has 4 amide bonds. The molecule has 3 aliphatic heterocycles. The molecule has 3 saturated heterocycles. The van der Waals surface area contributed by atoms with Gasteiger partial charge in [-0.05, 0) is 75.6 Å². The van der Waals surface area contributed by atoms with Gasteiger partial charge in [-0.2, -0.15) is 0 Å². The third kappa shape index (κ3) is 6.47. The summed E-state index contributed by atoms with van der Waals surface area (Å²) in [5.74, 6) is 0.334. The molecule has 4 heterocycles. The lowest BCUT2D eigenvalue weighted by Crippen LogP contribution is -2.51. The van der Waals surface area contributed by atoms with Crippen LogP contribution in [-0.4, -0.2) is 96.1 Å². The van der Waals surface area contributed by atoms with Gasteiger partial charge < -0.3 is 24.8 Å². The van der Waals surface area contributed by atoms with E-state index in [-0.39, 0.29) is 24.3 Å². The van der Waals surface area contributed by atoms with E-state index in [0.29, 0.717) is 44.5 Å². The minimum Gasteiger partial charge on any atom is -0.385 e. The average Bonchev–Trinajstić information content (AvgIpc) is 3.49. The Hall–Kier alpha value is -2.91. The molecule has 0 bridgehead atoms. The number of hydrogen-bond donors (Lipinski definition) is 2. The van der Waals surface area contributed by atoms with Gasteiger partial charge in [-0.15, -0.1) is 0 Å². The van der Waals surface area contributed by atoms with Crippen LogP contribution in [0.3, 0.4) is 0 Å². The van der Waals surface area contributed by atoms with Crippen molar-refractivity contribution in [1.82, 2.24) is 25.0 Å². The number of methoxy groups -OCH3 is 1. The Bertz CT molecular complexity index is 1150. The molecule has 2 N–H and O–H groups in total. The molecule has 0 saturated carbocycles.